The minimum atomic E-state index is 0.653. The van der Waals surface area contributed by atoms with Gasteiger partial charge in [0.1, 0.15) is 5.82 Å². The molecule has 0 saturated carbocycles. The van der Waals surface area contributed by atoms with Gasteiger partial charge in [0.2, 0.25) is 5.16 Å². The molecule has 5 heteroatoms. The molecule has 86 valence electrons. The molecule has 0 fully saturated rings. The van der Waals surface area contributed by atoms with Crippen LogP contribution in [0.4, 0.5) is 0 Å². The Labute approximate surface area is 95.6 Å². The van der Waals surface area contributed by atoms with Crippen molar-refractivity contribution < 1.29 is 0 Å². The first kappa shape index (κ1) is 12.5. The zero-order valence-corrected chi connectivity index (χ0v) is 10.5. The van der Waals surface area contributed by atoms with E-state index in [-0.39, 0.29) is 0 Å². The van der Waals surface area contributed by atoms with Gasteiger partial charge in [-0.1, -0.05) is 25.6 Å². The third kappa shape index (κ3) is 5.18. The van der Waals surface area contributed by atoms with Gasteiger partial charge in [0, 0.05) is 5.75 Å². The van der Waals surface area contributed by atoms with Crippen LogP contribution in [0.2, 0.25) is 0 Å². The van der Waals surface area contributed by atoms with E-state index < -0.39 is 0 Å². The van der Waals surface area contributed by atoms with Crippen molar-refractivity contribution in [1.82, 2.24) is 20.5 Å². The number of nitrogens with one attached hydrogen (secondary N) is 2. The van der Waals surface area contributed by atoms with Gasteiger partial charge in [-0.05, 0) is 32.4 Å². The number of hydrogen-bond acceptors (Lipinski definition) is 4. The molecule has 1 heterocycles. The molecule has 15 heavy (non-hydrogen) atoms. The Kier molecular flexibility index (Phi) is 5.71. The smallest absolute Gasteiger partial charge is 0.208 e. The van der Waals surface area contributed by atoms with Crippen molar-refractivity contribution >= 4 is 11.8 Å². The van der Waals surface area contributed by atoms with Gasteiger partial charge in [0.25, 0.3) is 0 Å². The number of aryl methyl sites for hydroxylation is 1. The molecular formula is C10H20N4S. The van der Waals surface area contributed by atoms with Crippen LogP contribution in [-0.4, -0.2) is 34.0 Å². The van der Waals surface area contributed by atoms with E-state index in [2.05, 4.69) is 34.3 Å². The average Bonchev–Trinajstić information content (AvgIpc) is 2.62. The molecule has 0 spiro atoms. The lowest BCUT2D eigenvalue weighted by Crippen LogP contribution is -2.23. The molecule has 1 aromatic rings. The van der Waals surface area contributed by atoms with Crippen LogP contribution in [0, 0.1) is 12.8 Å². The van der Waals surface area contributed by atoms with E-state index in [0.717, 1.165) is 29.8 Å². The number of aromatic nitrogens is 3. The highest BCUT2D eigenvalue weighted by atomic mass is 32.2. The van der Waals surface area contributed by atoms with Crippen molar-refractivity contribution in [2.75, 3.05) is 18.8 Å². The van der Waals surface area contributed by atoms with E-state index in [0.29, 0.717) is 5.92 Å². The van der Waals surface area contributed by atoms with Gasteiger partial charge in [0.15, 0.2) is 0 Å². The highest BCUT2D eigenvalue weighted by Crippen LogP contribution is 2.15. The quantitative estimate of drug-likeness (QED) is 0.552. The maximum absolute atomic E-state index is 4.25. The van der Waals surface area contributed by atoms with Gasteiger partial charge in [-0.3, -0.25) is 5.10 Å². The van der Waals surface area contributed by atoms with E-state index in [1.54, 1.807) is 11.8 Å². The predicted octanol–water partition coefficient (Wildman–Crippen LogP) is 1.84. The molecule has 0 amide bonds. The summed E-state index contributed by atoms with van der Waals surface area (Å²) in [6.07, 6.45) is 1.19. The fourth-order valence-electron chi connectivity index (χ4n) is 1.19. The van der Waals surface area contributed by atoms with Gasteiger partial charge < -0.3 is 5.32 Å². The molecule has 1 rings (SSSR count). The molecule has 1 unspecified atom stereocenters. The van der Waals surface area contributed by atoms with Gasteiger partial charge >= 0.3 is 0 Å². The highest BCUT2D eigenvalue weighted by Gasteiger charge is 2.05. The molecule has 0 bridgehead atoms. The molecule has 1 aromatic heterocycles. The third-order valence-electron chi connectivity index (χ3n) is 1.99. The number of thioether (sulfide) groups is 1. The standard InChI is InChI=1S/C10H20N4S/c1-4-5-11-6-8(2)7-15-10-12-9(3)13-14-10/h8,11H,4-7H2,1-3H3,(H,12,13,14). The van der Waals surface area contributed by atoms with Crippen LogP contribution in [0.1, 0.15) is 26.1 Å². The van der Waals surface area contributed by atoms with Crippen molar-refractivity contribution in [3.8, 4) is 0 Å². The topological polar surface area (TPSA) is 53.6 Å². The van der Waals surface area contributed by atoms with Crippen molar-refractivity contribution in [3.63, 3.8) is 0 Å². The fraction of sp³-hybridized carbons (Fsp3) is 0.800. The van der Waals surface area contributed by atoms with E-state index in [1.165, 1.54) is 6.42 Å². The summed E-state index contributed by atoms with van der Waals surface area (Å²) in [5.41, 5.74) is 0. The summed E-state index contributed by atoms with van der Waals surface area (Å²) in [5, 5.41) is 11.2. The van der Waals surface area contributed by atoms with Crippen molar-refractivity contribution in [2.24, 2.45) is 5.92 Å². The first-order valence-corrected chi connectivity index (χ1v) is 6.43. The van der Waals surface area contributed by atoms with E-state index in [4.69, 9.17) is 0 Å². The Morgan fingerprint density at radius 3 is 2.93 bits per heavy atom. The van der Waals surface area contributed by atoms with Crippen LogP contribution in [0.5, 0.6) is 0 Å². The summed E-state index contributed by atoms with van der Waals surface area (Å²) in [7, 11) is 0. The molecular weight excluding hydrogens is 208 g/mol. The van der Waals surface area contributed by atoms with Crippen molar-refractivity contribution in [3.05, 3.63) is 5.82 Å². The Bertz CT molecular complexity index is 274. The molecule has 0 aliphatic rings. The minimum Gasteiger partial charge on any atom is -0.316 e. The maximum atomic E-state index is 4.25. The summed E-state index contributed by atoms with van der Waals surface area (Å²) in [4.78, 5) is 4.25. The normalized spacial score (nSPS) is 13.0. The van der Waals surface area contributed by atoms with E-state index in [9.17, 15) is 0 Å². The molecule has 2 N–H and O–H groups in total. The van der Waals surface area contributed by atoms with Crippen LogP contribution in [0.15, 0.2) is 5.16 Å². The number of rotatable bonds is 7. The molecule has 0 aromatic carbocycles. The summed E-state index contributed by atoms with van der Waals surface area (Å²) in [6.45, 7) is 8.53. The Hall–Kier alpha value is -0.550. The summed E-state index contributed by atoms with van der Waals surface area (Å²) >= 11 is 1.71. The molecule has 0 saturated heterocycles. The third-order valence-corrected chi connectivity index (χ3v) is 3.17. The number of nitrogens with zero attached hydrogens (tertiary/aromatic N) is 2. The summed E-state index contributed by atoms with van der Waals surface area (Å²) in [5.74, 6) is 2.60. The maximum Gasteiger partial charge on any atom is 0.208 e. The summed E-state index contributed by atoms with van der Waals surface area (Å²) < 4.78 is 0. The predicted molar refractivity (Wildman–Crippen MR) is 64.2 cm³/mol. The zero-order valence-electron chi connectivity index (χ0n) is 9.71. The molecule has 1 atom stereocenters. The second-order valence-electron chi connectivity index (χ2n) is 3.82. The van der Waals surface area contributed by atoms with Gasteiger partial charge in [-0.2, -0.15) is 0 Å². The highest BCUT2D eigenvalue weighted by molar-refractivity contribution is 7.99. The van der Waals surface area contributed by atoms with E-state index >= 15 is 0 Å². The second-order valence-corrected chi connectivity index (χ2v) is 4.81. The Balaban J connectivity index is 2.13. The average molecular weight is 228 g/mol. The first-order valence-electron chi connectivity index (χ1n) is 5.45. The number of aromatic amines is 1. The second kappa shape index (κ2) is 6.85. The van der Waals surface area contributed by atoms with Crippen LogP contribution >= 0.6 is 11.8 Å². The largest absolute Gasteiger partial charge is 0.316 e. The minimum absolute atomic E-state index is 0.653. The van der Waals surface area contributed by atoms with Crippen molar-refractivity contribution in [2.45, 2.75) is 32.3 Å². The lowest BCUT2D eigenvalue weighted by atomic mass is 10.2. The van der Waals surface area contributed by atoms with Gasteiger partial charge in [0.05, 0.1) is 0 Å². The SMILES string of the molecule is CCCNCC(C)CSc1n[nH]c(C)n1. The zero-order chi connectivity index (χ0) is 11.1. The Morgan fingerprint density at radius 2 is 2.33 bits per heavy atom. The van der Waals surface area contributed by atoms with Gasteiger partial charge in [-0.15, -0.1) is 5.10 Å². The number of hydrogen-bond donors (Lipinski definition) is 2. The lowest BCUT2D eigenvalue weighted by molar-refractivity contribution is 0.556. The molecule has 4 nitrogen and oxygen atoms in total. The first-order chi connectivity index (χ1) is 7.22. The van der Waals surface area contributed by atoms with Crippen molar-refractivity contribution in [1.29, 1.82) is 0 Å². The molecule has 0 aliphatic heterocycles. The molecule has 0 aliphatic carbocycles. The number of H-pyrrole nitrogens is 1. The fourth-order valence-corrected chi connectivity index (χ4v) is 2.05. The Morgan fingerprint density at radius 1 is 1.53 bits per heavy atom. The van der Waals surface area contributed by atoms with Crippen LogP contribution < -0.4 is 5.32 Å². The van der Waals surface area contributed by atoms with Crippen LogP contribution in [0.3, 0.4) is 0 Å². The summed E-state index contributed by atoms with van der Waals surface area (Å²) in [6, 6.07) is 0. The molecule has 0 radical (unpaired) electrons. The lowest BCUT2D eigenvalue weighted by Gasteiger charge is -2.10. The van der Waals surface area contributed by atoms with E-state index in [1.807, 2.05) is 6.92 Å². The van der Waals surface area contributed by atoms with Crippen LogP contribution in [0.25, 0.3) is 0 Å². The monoisotopic (exact) mass is 228 g/mol. The van der Waals surface area contributed by atoms with Gasteiger partial charge in [-0.25, -0.2) is 4.98 Å². The van der Waals surface area contributed by atoms with Crippen LogP contribution in [-0.2, 0) is 0 Å².